The summed E-state index contributed by atoms with van der Waals surface area (Å²) in [4.78, 5) is 26.7. The molecule has 0 atom stereocenters. The minimum Gasteiger partial charge on any atom is -0.478 e. The number of imidazole rings is 1. The van der Waals surface area contributed by atoms with Crippen molar-refractivity contribution in [3.63, 3.8) is 0 Å². The summed E-state index contributed by atoms with van der Waals surface area (Å²) < 4.78 is 24.3. The molecule has 2 aromatic carbocycles. The minimum atomic E-state index is -0.981. The van der Waals surface area contributed by atoms with Gasteiger partial charge in [-0.15, -0.1) is 5.10 Å². The highest BCUT2D eigenvalue weighted by Gasteiger charge is 2.26. The summed E-state index contributed by atoms with van der Waals surface area (Å²) in [7, 11) is 0. The van der Waals surface area contributed by atoms with E-state index in [-0.39, 0.29) is 23.8 Å². The van der Waals surface area contributed by atoms with Crippen LogP contribution in [0, 0.1) is 12.4 Å². The van der Waals surface area contributed by atoms with Crippen molar-refractivity contribution < 1.29 is 19.0 Å². The summed E-state index contributed by atoms with van der Waals surface area (Å²) in [6, 6.07) is 13.3. The Morgan fingerprint density at radius 1 is 1.16 bits per heavy atom. The predicted molar refractivity (Wildman–Crippen MR) is 160 cm³/mol. The van der Waals surface area contributed by atoms with Gasteiger partial charge in [0, 0.05) is 23.9 Å². The summed E-state index contributed by atoms with van der Waals surface area (Å²) in [6.07, 6.45) is 5.17. The predicted octanol–water partition coefficient (Wildman–Crippen LogP) is 5.44. The van der Waals surface area contributed by atoms with E-state index in [9.17, 15) is 14.3 Å². The average Bonchev–Trinajstić information content (AvgIpc) is 3.64. The molecule has 5 aromatic rings. The van der Waals surface area contributed by atoms with Gasteiger partial charge < -0.3 is 14.4 Å². The van der Waals surface area contributed by atoms with Crippen molar-refractivity contribution >= 4 is 22.7 Å². The molecule has 1 aliphatic heterocycles. The number of carboxylic acid groups (broad SMARTS) is 1. The number of carbonyl (C=O) groups is 1. The number of aromatic nitrogens is 6. The standard InChI is InChI=1S/C32H31FN8O3/c1-3-41-25(17-36-38-41)18-40-29-15-22(32(42)43)7-9-28(29)37-30(40)19-39-13-10-21(11-14-39)26-5-4-12-35-31(26)44-20-23-6-8-24(34-2)16-27(23)33/h4-9,12,15-17,21H,3,10-11,13-14,18-20H2,1H3,(H,42,43). The lowest BCUT2D eigenvalue weighted by Crippen LogP contribution is -2.33. The molecule has 44 heavy (non-hydrogen) atoms. The molecular weight excluding hydrogens is 563 g/mol. The van der Waals surface area contributed by atoms with Crippen molar-refractivity contribution in [2.45, 2.75) is 51.9 Å². The Balaban J connectivity index is 1.17. The van der Waals surface area contributed by atoms with Gasteiger partial charge in [0.2, 0.25) is 5.88 Å². The van der Waals surface area contributed by atoms with Crippen molar-refractivity contribution in [3.8, 4) is 5.88 Å². The monoisotopic (exact) mass is 594 g/mol. The van der Waals surface area contributed by atoms with E-state index in [1.165, 1.54) is 6.07 Å². The number of aromatic carboxylic acids is 1. The molecule has 0 saturated carbocycles. The topological polar surface area (TPSA) is 116 Å². The van der Waals surface area contributed by atoms with Crippen LogP contribution in [0.2, 0.25) is 0 Å². The Morgan fingerprint density at radius 2 is 2.00 bits per heavy atom. The highest BCUT2D eigenvalue weighted by Crippen LogP contribution is 2.34. The van der Waals surface area contributed by atoms with Crippen molar-refractivity contribution in [2.24, 2.45) is 0 Å². The second-order valence-electron chi connectivity index (χ2n) is 10.8. The summed E-state index contributed by atoms with van der Waals surface area (Å²) in [5.74, 6) is 0.125. The van der Waals surface area contributed by atoms with Crippen LogP contribution in [0.15, 0.2) is 60.9 Å². The maximum absolute atomic E-state index is 14.4. The Labute approximate surface area is 253 Å². The first-order chi connectivity index (χ1) is 21.4. The number of carboxylic acids is 1. The number of halogens is 1. The van der Waals surface area contributed by atoms with Crippen molar-refractivity contribution in [3.05, 3.63) is 106 Å². The van der Waals surface area contributed by atoms with E-state index >= 15 is 0 Å². The van der Waals surface area contributed by atoms with E-state index in [4.69, 9.17) is 16.3 Å². The van der Waals surface area contributed by atoms with E-state index in [0.717, 1.165) is 54.0 Å². The number of fused-ring (bicyclic) bond motifs is 1. The maximum Gasteiger partial charge on any atom is 0.335 e. The van der Waals surface area contributed by atoms with E-state index in [0.29, 0.717) is 31.1 Å². The summed E-state index contributed by atoms with van der Waals surface area (Å²) in [5.41, 5.74) is 4.26. The molecule has 11 nitrogen and oxygen atoms in total. The number of pyridine rings is 1. The number of aryl methyl sites for hydroxylation is 1. The first-order valence-electron chi connectivity index (χ1n) is 14.5. The van der Waals surface area contributed by atoms with Gasteiger partial charge in [-0.1, -0.05) is 23.4 Å². The van der Waals surface area contributed by atoms with Crippen LogP contribution in [0.3, 0.4) is 0 Å². The van der Waals surface area contributed by atoms with Crippen LogP contribution in [0.1, 0.15) is 58.7 Å². The number of hydrogen-bond acceptors (Lipinski definition) is 7. The Bertz CT molecular complexity index is 1850. The van der Waals surface area contributed by atoms with Gasteiger partial charge in [-0.25, -0.2) is 28.7 Å². The quantitative estimate of drug-likeness (QED) is 0.213. The second kappa shape index (κ2) is 12.6. The van der Waals surface area contributed by atoms with Crippen molar-refractivity contribution in [1.82, 2.24) is 34.4 Å². The van der Waals surface area contributed by atoms with Gasteiger partial charge in [0.05, 0.1) is 48.1 Å². The van der Waals surface area contributed by atoms with Gasteiger partial charge in [0.1, 0.15) is 18.2 Å². The molecule has 0 radical (unpaired) electrons. The lowest BCUT2D eigenvalue weighted by atomic mass is 9.90. The molecule has 1 aliphatic rings. The molecule has 1 N–H and O–H groups in total. The van der Waals surface area contributed by atoms with Crippen LogP contribution in [0.5, 0.6) is 5.88 Å². The average molecular weight is 595 g/mol. The molecule has 224 valence electrons. The van der Waals surface area contributed by atoms with Gasteiger partial charge in [-0.05, 0) is 69.1 Å². The third-order valence-corrected chi connectivity index (χ3v) is 8.11. The zero-order chi connectivity index (χ0) is 30.6. The molecule has 3 aromatic heterocycles. The number of piperidine rings is 1. The Hall–Kier alpha value is -5.15. The van der Waals surface area contributed by atoms with E-state index in [2.05, 4.69) is 29.6 Å². The highest BCUT2D eigenvalue weighted by molar-refractivity contribution is 5.92. The Morgan fingerprint density at radius 3 is 2.75 bits per heavy atom. The third kappa shape index (κ3) is 6.00. The number of likely N-dealkylation sites (tertiary alicyclic amines) is 1. The lowest BCUT2D eigenvalue weighted by molar-refractivity contribution is 0.0697. The summed E-state index contributed by atoms with van der Waals surface area (Å²) in [6.45, 7) is 12.5. The van der Waals surface area contributed by atoms with Crippen LogP contribution < -0.4 is 4.74 Å². The van der Waals surface area contributed by atoms with Crippen LogP contribution in [0.4, 0.5) is 10.1 Å². The van der Waals surface area contributed by atoms with Gasteiger partial charge in [0.25, 0.3) is 0 Å². The zero-order valence-corrected chi connectivity index (χ0v) is 24.2. The van der Waals surface area contributed by atoms with Gasteiger partial charge in [-0.2, -0.15) is 0 Å². The fraction of sp³-hybridized carbons (Fsp3) is 0.312. The second-order valence-corrected chi connectivity index (χ2v) is 10.8. The first-order valence-corrected chi connectivity index (χ1v) is 14.5. The number of ether oxygens (including phenoxy) is 1. The van der Waals surface area contributed by atoms with Gasteiger partial charge >= 0.3 is 5.97 Å². The molecule has 0 unspecified atom stereocenters. The SMILES string of the molecule is [C-]#[N+]c1ccc(COc2ncccc2C2CCN(Cc3nc4ccc(C(=O)O)cc4n3Cc3cnnn3CC)CC2)c(F)c1. The largest absolute Gasteiger partial charge is 0.478 e. The number of rotatable bonds is 10. The molecule has 12 heteroatoms. The molecule has 0 aliphatic carbocycles. The van der Waals surface area contributed by atoms with Crippen LogP contribution in [-0.2, 0) is 26.2 Å². The van der Waals surface area contributed by atoms with E-state index < -0.39 is 11.8 Å². The van der Waals surface area contributed by atoms with Crippen LogP contribution in [-0.4, -0.2) is 58.6 Å². The smallest absolute Gasteiger partial charge is 0.335 e. The number of benzene rings is 2. The fourth-order valence-corrected chi connectivity index (χ4v) is 5.74. The molecule has 4 heterocycles. The zero-order valence-electron chi connectivity index (χ0n) is 24.2. The normalized spacial score (nSPS) is 14.1. The number of nitrogens with zero attached hydrogens (tertiary/aromatic N) is 8. The van der Waals surface area contributed by atoms with Crippen LogP contribution >= 0.6 is 0 Å². The molecule has 6 rings (SSSR count). The molecule has 1 fully saturated rings. The summed E-state index contributed by atoms with van der Waals surface area (Å²) in [5, 5.41) is 17.8. The van der Waals surface area contributed by atoms with E-state index in [1.54, 1.807) is 42.7 Å². The van der Waals surface area contributed by atoms with Crippen LogP contribution in [0.25, 0.3) is 15.9 Å². The fourth-order valence-electron chi connectivity index (χ4n) is 5.74. The highest BCUT2D eigenvalue weighted by atomic mass is 19.1. The minimum absolute atomic E-state index is 0.0270. The van der Waals surface area contributed by atoms with Gasteiger partial charge in [0.15, 0.2) is 5.69 Å². The van der Waals surface area contributed by atoms with E-state index in [1.807, 2.05) is 23.7 Å². The molecule has 1 saturated heterocycles. The molecular formula is C32H31FN8O3. The molecule has 0 amide bonds. The molecule has 0 spiro atoms. The van der Waals surface area contributed by atoms with Crippen molar-refractivity contribution in [1.29, 1.82) is 0 Å². The molecule has 0 bridgehead atoms. The number of hydrogen-bond donors (Lipinski definition) is 1. The van der Waals surface area contributed by atoms with Gasteiger partial charge in [-0.3, -0.25) is 4.90 Å². The maximum atomic E-state index is 14.4. The Kier molecular flexibility index (Phi) is 8.29. The lowest BCUT2D eigenvalue weighted by Gasteiger charge is -2.32. The summed E-state index contributed by atoms with van der Waals surface area (Å²) >= 11 is 0. The first kappa shape index (κ1) is 28.9. The third-order valence-electron chi connectivity index (χ3n) is 8.11. The van der Waals surface area contributed by atoms with Crippen molar-refractivity contribution in [2.75, 3.05) is 13.1 Å².